The number of nitrogens with one attached hydrogen (secondary N) is 1. The summed E-state index contributed by atoms with van der Waals surface area (Å²) in [4.78, 5) is 13.8. The van der Waals surface area contributed by atoms with Crippen molar-refractivity contribution in [2.45, 2.75) is 12.1 Å². The fraction of sp³-hybridized carbons (Fsp3) is 0.435. The number of ether oxygens (including phenoxy) is 4. The molecule has 0 amide bonds. The lowest BCUT2D eigenvalue weighted by Crippen LogP contribution is -2.37. The number of methoxy groups -OCH3 is 3. The highest BCUT2D eigenvalue weighted by atomic mass is 16.5. The Bertz CT molecular complexity index is 825. The molecule has 0 saturated carbocycles. The van der Waals surface area contributed by atoms with Crippen LogP contribution in [0.3, 0.4) is 0 Å². The molecular weight excluding hydrogens is 400 g/mol. The van der Waals surface area contributed by atoms with Gasteiger partial charge in [-0.15, -0.1) is 0 Å². The first kappa shape index (κ1) is 24.5. The Hall–Kier alpha value is -2.81. The predicted molar refractivity (Wildman–Crippen MR) is 118 cm³/mol. The zero-order valence-corrected chi connectivity index (χ0v) is 18.8. The fourth-order valence-corrected chi connectivity index (χ4v) is 3.09. The first-order chi connectivity index (χ1) is 14.9. The van der Waals surface area contributed by atoms with E-state index in [0.29, 0.717) is 30.2 Å². The number of hydrogen-bond donors (Lipinski definition) is 2. The van der Waals surface area contributed by atoms with E-state index < -0.39 is 12.1 Å². The van der Waals surface area contributed by atoms with E-state index in [-0.39, 0.29) is 12.6 Å². The molecule has 0 aliphatic carbocycles. The van der Waals surface area contributed by atoms with Crippen LogP contribution in [0.2, 0.25) is 0 Å². The molecule has 0 fully saturated rings. The van der Waals surface area contributed by atoms with Crippen LogP contribution >= 0.6 is 0 Å². The molecule has 8 nitrogen and oxygen atoms in total. The van der Waals surface area contributed by atoms with Crippen LogP contribution in [0, 0.1) is 0 Å². The van der Waals surface area contributed by atoms with E-state index in [1.807, 2.05) is 38.4 Å². The Morgan fingerprint density at radius 2 is 1.71 bits per heavy atom. The smallest absolute Gasteiger partial charge is 0.337 e. The summed E-state index contributed by atoms with van der Waals surface area (Å²) in [5.74, 6) is 1.20. The van der Waals surface area contributed by atoms with Gasteiger partial charge in [0.15, 0.2) is 11.5 Å². The Balaban J connectivity index is 1.86. The molecule has 0 aliphatic heterocycles. The van der Waals surface area contributed by atoms with Gasteiger partial charge in [-0.25, -0.2) is 4.79 Å². The second kappa shape index (κ2) is 12.1. The number of aliphatic hydroxyl groups excluding tert-OH is 1. The predicted octanol–water partition coefficient (Wildman–Crippen LogP) is 2.12. The first-order valence-corrected chi connectivity index (χ1v) is 9.97. The molecule has 0 heterocycles. The molecule has 0 saturated heterocycles. The summed E-state index contributed by atoms with van der Waals surface area (Å²) in [7, 11) is 8.48. The standard InChI is InChI=1S/C23H32N2O6/c1-25(2)20(16-6-9-19(28-3)10-7-16)14-24-13-18(26)15-31-21-11-8-17(23(27)30-5)12-22(21)29-4/h6-12,18,20,24,26H,13-15H2,1-5H3/t18-,20-/m1/s1. The van der Waals surface area contributed by atoms with E-state index in [1.165, 1.54) is 14.2 Å². The summed E-state index contributed by atoms with van der Waals surface area (Å²) >= 11 is 0. The van der Waals surface area contributed by atoms with E-state index in [9.17, 15) is 9.90 Å². The molecule has 0 spiro atoms. The second-order valence-electron chi connectivity index (χ2n) is 7.23. The van der Waals surface area contributed by atoms with Crippen molar-refractivity contribution in [1.82, 2.24) is 10.2 Å². The van der Waals surface area contributed by atoms with E-state index >= 15 is 0 Å². The van der Waals surface area contributed by atoms with Gasteiger partial charge in [0, 0.05) is 19.1 Å². The summed E-state index contributed by atoms with van der Waals surface area (Å²) < 4.78 is 20.9. The largest absolute Gasteiger partial charge is 0.497 e. The lowest BCUT2D eigenvalue weighted by molar-refractivity contribution is 0.0600. The normalized spacial score (nSPS) is 12.9. The van der Waals surface area contributed by atoms with E-state index in [4.69, 9.17) is 18.9 Å². The van der Waals surface area contributed by atoms with Gasteiger partial charge in [-0.3, -0.25) is 0 Å². The third-order valence-corrected chi connectivity index (χ3v) is 4.86. The highest BCUT2D eigenvalue weighted by Crippen LogP contribution is 2.28. The van der Waals surface area contributed by atoms with Crippen LogP contribution < -0.4 is 19.5 Å². The number of hydrogen-bond acceptors (Lipinski definition) is 8. The summed E-state index contributed by atoms with van der Waals surface area (Å²) in [6.45, 7) is 1.10. The van der Waals surface area contributed by atoms with Crippen LogP contribution in [0.4, 0.5) is 0 Å². The van der Waals surface area contributed by atoms with Crippen molar-refractivity contribution in [2.24, 2.45) is 0 Å². The fourth-order valence-electron chi connectivity index (χ4n) is 3.09. The molecule has 0 unspecified atom stereocenters. The molecular formula is C23H32N2O6. The summed E-state index contributed by atoms with van der Waals surface area (Å²) in [6, 6.07) is 12.8. The Morgan fingerprint density at radius 3 is 2.29 bits per heavy atom. The van der Waals surface area contributed by atoms with Gasteiger partial charge in [-0.2, -0.15) is 0 Å². The molecule has 8 heteroatoms. The molecule has 2 aromatic carbocycles. The van der Waals surface area contributed by atoms with Crippen molar-refractivity contribution in [1.29, 1.82) is 0 Å². The lowest BCUT2D eigenvalue weighted by Gasteiger charge is -2.26. The van der Waals surface area contributed by atoms with E-state index in [2.05, 4.69) is 10.2 Å². The third-order valence-electron chi connectivity index (χ3n) is 4.86. The zero-order valence-electron chi connectivity index (χ0n) is 18.8. The number of esters is 1. The third kappa shape index (κ3) is 7.13. The van der Waals surface area contributed by atoms with Crippen molar-refractivity contribution in [3.63, 3.8) is 0 Å². The number of carbonyl (C=O) groups is 1. The average Bonchev–Trinajstić information content (AvgIpc) is 2.79. The maximum atomic E-state index is 11.6. The Kier molecular flexibility index (Phi) is 9.58. The topological polar surface area (TPSA) is 89.5 Å². The van der Waals surface area contributed by atoms with Gasteiger partial charge in [-0.05, 0) is 50.0 Å². The van der Waals surface area contributed by atoms with Crippen molar-refractivity contribution in [3.05, 3.63) is 53.6 Å². The van der Waals surface area contributed by atoms with Crippen LogP contribution in [0.1, 0.15) is 22.0 Å². The number of nitrogens with zero attached hydrogens (tertiary/aromatic N) is 1. The summed E-state index contributed by atoms with van der Waals surface area (Å²) in [5.41, 5.74) is 1.52. The monoisotopic (exact) mass is 432 g/mol. The van der Waals surface area contributed by atoms with E-state index in [1.54, 1.807) is 25.3 Å². The molecule has 0 aromatic heterocycles. The first-order valence-electron chi connectivity index (χ1n) is 9.97. The lowest BCUT2D eigenvalue weighted by atomic mass is 10.1. The van der Waals surface area contributed by atoms with Crippen molar-refractivity contribution >= 4 is 5.97 Å². The number of aliphatic hydroxyl groups is 1. The quantitative estimate of drug-likeness (QED) is 0.493. The van der Waals surface area contributed by atoms with Gasteiger partial charge in [0.2, 0.25) is 0 Å². The molecule has 31 heavy (non-hydrogen) atoms. The zero-order chi connectivity index (χ0) is 22.8. The maximum Gasteiger partial charge on any atom is 0.337 e. The molecule has 170 valence electrons. The van der Waals surface area contributed by atoms with Crippen LogP contribution in [0.15, 0.2) is 42.5 Å². The number of likely N-dealkylation sites (N-methyl/N-ethyl adjacent to an activating group) is 1. The minimum absolute atomic E-state index is 0.0795. The molecule has 2 N–H and O–H groups in total. The van der Waals surface area contributed by atoms with Gasteiger partial charge in [0.05, 0.1) is 26.9 Å². The summed E-state index contributed by atoms with van der Waals surface area (Å²) in [5, 5.41) is 13.6. The Morgan fingerprint density at radius 1 is 1.00 bits per heavy atom. The number of benzene rings is 2. The van der Waals surface area contributed by atoms with Crippen molar-refractivity contribution < 1.29 is 28.8 Å². The molecule has 0 bridgehead atoms. The van der Waals surface area contributed by atoms with Gasteiger partial charge >= 0.3 is 5.97 Å². The Labute approximate surface area is 183 Å². The maximum absolute atomic E-state index is 11.6. The SMILES string of the molecule is COC(=O)c1ccc(OC[C@H](O)CNC[C@H](c2ccc(OC)cc2)N(C)C)c(OC)c1. The van der Waals surface area contributed by atoms with Gasteiger partial charge in [-0.1, -0.05) is 12.1 Å². The number of carbonyl (C=O) groups excluding carboxylic acids is 1. The second-order valence-corrected chi connectivity index (χ2v) is 7.23. The van der Waals surface area contributed by atoms with Crippen molar-refractivity contribution in [2.75, 3.05) is 55.1 Å². The van der Waals surface area contributed by atoms with E-state index in [0.717, 1.165) is 11.3 Å². The van der Waals surface area contributed by atoms with Crippen molar-refractivity contribution in [3.8, 4) is 17.2 Å². The minimum Gasteiger partial charge on any atom is -0.497 e. The highest BCUT2D eigenvalue weighted by Gasteiger charge is 2.16. The molecule has 2 atom stereocenters. The minimum atomic E-state index is -0.719. The van der Waals surface area contributed by atoms with Crippen LogP contribution in [-0.4, -0.2) is 77.2 Å². The summed E-state index contributed by atoms with van der Waals surface area (Å²) in [6.07, 6.45) is -0.719. The molecule has 2 aromatic rings. The van der Waals surface area contributed by atoms with Gasteiger partial charge in [0.25, 0.3) is 0 Å². The number of rotatable bonds is 12. The van der Waals surface area contributed by atoms with Crippen LogP contribution in [0.5, 0.6) is 17.2 Å². The molecule has 0 aliphatic rings. The molecule has 2 rings (SSSR count). The van der Waals surface area contributed by atoms with Gasteiger partial charge in [0.1, 0.15) is 18.5 Å². The molecule has 0 radical (unpaired) electrons. The highest BCUT2D eigenvalue weighted by molar-refractivity contribution is 5.90. The average molecular weight is 433 g/mol. The van der Waals surface area contributed by atoms with Crippen LogP contribution in [-0.2, 0) is 4.74 Å². The van der Waals surface area contributed by atoms with Gasteiger partial charge < -0.3 is 34.3 Å². The van der Waals surface area contributed by atoms with Crippen LogP contribution in [0.25, 0.3) is 0 Å².